The van der Waals surface area contributed by atoms with Crippen molar-refractivity contribution >= 4 is 12.0 Å². The van der Waals surface area contributed by atoms with E-state index in [-0.39, 0.29) is 18.0 Å². The molecule has 0 saturated heterocycles. The van der Waals surface area contributed by atoms with Crippen molar-refractivity contribution in [2.75, 3.05) is 7.05 Å². The lowest BCUT2D eigenvalue weighted by Crippen LogP contribution is -2.47. The van der Waals surface area contributed by atoms with E-state index in [1.807, 2.05) is 11.9 Å². The topological polar surface area (TPSA) is 69.6 Å². The zero-order valence-electron chi connectivity index (χ0n) is 11.6. The summed E-state index contributed by atoms with van der Waals surface area (Å²) in [5, 5.41) is 12.0. The van der Waals surface area contributed by atoms with Crippen LogP contribution in [0.1, 0.15) is 51.4 Å². The molecule has 0 radical (unpaired) electrons. The van der Waals surface area contributed by atoms with E-state index in [2.05, 4.69) is 5.32 Å². The predicted molar refractivity (Wildman–Crippen MR) is 71.9 cm³/mol. The van der Waals surface area contributed by atoms with E-state index < -0.39 is 5.97 Å². The Morgan fingerprint density at radius 2 is 1.63 bits per heavy atom. The fourth-order valence-corrected chi connectivity index (χ4v) is 3.22. The molecule has 2 amide bonds. The molecule has 5 nitrogen and oxygen atoms in total. The second kappa shape index (κ2) is 6.26. The summed E-state index contributed by atoms with van der Waals surface area (Å²) in [6, 6.07) is 0.535. The number of urea groups is 1. The molecular weight excluding hydrogens is 244 g/mol. The van der Waals surface area contributed by atoms with Crippen LogP contribution in [0.25, 0.3) is 0 Å². The number of rotatable bonds is 3. The lowest BCUT2D eigenvalue weighted by atomic mass is 9.86. The van der Waals surface area contributed by atoms with Gasteiger partial charge in [0.05, 0.1) is 5.92 Å². The summed E-state index contributed by atoms with van der Waals surface area (Å²) < 4.78 is 0. The highest BCUT2D eigenvalue weighted by Crippen LogP contribution is 2.25. The third-order valence-electron chi connectivity index (χ3n) is 4.60. The van der Waals surface area contributed by atoms with Crippen molar-refractivity contribution < 1.29 is 14.7 Å². The van der Waals surface area contributed by atoms with Crippen molar-refractivity contribution in [3.63, 3.8) is 0 Å². The van der Waals surface area contributed by atoms with Crippen molar-refractivity contribution in [2.24, 2.45) is 5.92 Å². The monoisotopic (exact) mass is 268 g/mol. The number of amides is 2. The number of carboxylic acids is 1. The molecule has 0 bridgehead atoms. The SMILES string of the molecule is CN(C(=O)NC1CCC(C(=O)O)CC1)C1CCCC1. The van der Waals surface area contributed by atoms with Crippen LogP contribution in [0.4, 0.5) is 4.79 Å². The van der Waals surface area contributed by atoms with Crippen LogP contribution in [0.5, 0.6) is 0 Å². The van der Waals surface area contributed by atoms with E-state index in [4.69, 9.17) is 5.11 Å². The normalized spacial score (nSPS) is 28.1. The molecule has 0 spiro atoms. The lowest BCUT2D eigenvalue weighted by molar-refractivity contribution is -0.142. The number of carbonyl (C=O) groups excluding carboxylic acids is 1. The molecule has 0 atom stereocenters. The van der Waals surface area contributed by atoms with Crippen LogP contribution in [0.3, 0.4) is 0 Å². The second-order valence-corrected chi connectivity index (χ2v) is 5.89. The molecule has 2 fully saturated rings. The van der Waals surface area contributed by atoms with Gasteiger partial charge in [-0.1, -0.05) is 12.8 Å². The van der Waals surface area contributed by atoms with Crippen molar-refractivity contribution in [3.8, 4) is 0 Å². The van der Waals surface area contributed by atoms with Gasteiger partial charge >= 0.3 is 12.0 Å². The largest absolute Gasteiger partial charge is 0.481 e. The van der Waals surface area contributed by atoms with Crippen molar-refractivity contribution in [2.45, 2.75) is 63.5 Å². The summed E-state index contributed by atoms with van der Waals surface area (Å²) in [5.74, 6) is -0.923. The minimum absolute atomic E-state index is 0.00525. The van der Waals surface area contributed by atoms with E-state index in [1.165, 1.54) is 12.8 Å². The number of nitrogens with one attached hydrogen (secondary N) is 1. The maximum atomic E-state index is 12.1. The molecule has 0 heterocycles. The summed E-state index contributed by atoms with van der Waals surface area (Å²) in [7, 11) is 1.87. The Kier molecular flexibility index (Phi) is 4.66. The molecule has 19 heavy (non-hydrogen) atoms. The average molecular weight is 268 g/mol. The first-order chi connectivity index (χ1) is 9.08. The van der Waals surface area contributed by atoms with Gasteiger partial charge in [0, 0.05) is 19.1 Å². The predicted octanol–water partition coefficient (Wildman–Crippen LogP) is 2.21. The maximum absolute atomic E-state index is 12.1. The molecule has 0 aromatic heterocycles. The van der Waals surface area contributed by atoms with Crippen LogP contribution in [0.15, 0.2) is 0 Å². The molecule has 0 unspecified atom stereocenters. The maximum Gasteiger partial charge on any atom is 0.317 e. The molecule has 2 N–H and O–H groups in total. The first kappa shape index (κ1) is 14.2. The van der Waals surface area contributed by atoms with Gasteiger partial charge in [-0.3, -0.25) is 4.79 Å². The van der Waals surface area contributed by atoms with Gasteiger partial charge in [0.2, 0.25) is 0 Å². The quantitative estimate of drug-likeness (QED) is 0.824. The minimum Gasteiger partial charge on any atom is -0.481 e. The van der Waals surface area contributed by atoms with Crippen LogP contribution in [0.2, 0.25) is 0 Å². The summed E-state index contributed by atoms with van der Waals surface area (Å²) in [6.07, 6.45) is 7.55. The van der Waals surface area contributed by atoms with Gasteiger partial charge in [-0.05, 0) is 38.5 Å². The Balaban J connectivity index is 1.75. The van der Waals surface area contributed by atoms with Crippen molar-refractivity contribution in [1.29, 1.82) is 0 Å². The van der Waals surface area contributed by atoms with Gasteiger partial charge < -0.3 is 15.3 Å². The molecule has 0 aromatic carbocycles. The van der Waals surface area contributed by atoms with Gasteiger partial charge in [-0.15, -0.1) is 0 Å². The number of carbonyl (C=O) groups is 2. The number of nitrogens with zero attached hydrogens (tertiary/aromatic N) is 1. The third kappa shape index (κ3) is 3.61. The molecule has 5 heteroatoms. The Bertz CT molecular complexity index is 332. The molecular formula is C14H24N2O3. The van der Waals surface area contributed by atoms with Crippen molar-refractivity contribution in [3.05, 3.63) is 0 Å². The molecule has 2 saturated carbocycles. The molecule has 0 aromatic rings. The Morgan fingerprint density at radius 1 is 1.05 bits per heavy atom. The minimum atomic E-state index is -0.701. The molecule has 0 aliphatic heterocycles. The highest BCUT2D eigenvalue weighted by atomic mass is 16.4. The van der Waals surface area contributed by atoms with E-state index in [9.17, 15) is 9.59 Å². The fourth-order valence-electron chi connectivity index (χ4n) is 3.22. The Hall–Kier alpha value is -1.26. The first-order valence-electron chi connectivity index (χ1n) is 7.34. The Morgan fingerprint density at radius 3 is 2.16 bits per heavy atom. The van der Waals surface area contributed by atoms with Crippen LogP contribution < -0.4 is 5.32 Å². The fraction of sp³-hybridized carbons (Fsp3) is 0.857. The van der Waals surface area contributed by atoms with Gasteiger partial charge in [-0.25, -0.2) is 4.79 Å². The highest BCUT2D eigenvalue weighted by Gasteiger charge is 2.29. The van der Waals surface area contributed by atoms with Crippen LogP contribution in [0, 0.1) is 5.92 Å². The average Bonchev–Trinajstić information content (AvgIpc) is 2.92. The summed E-state index contributed by atoms with van der Waals surface area (Å²) in [5.41, 5.74) is 0. The Labute approximate surface area is 114 Å². The third-order valence-corrected chi connectivity index (χ3v) is 4.60. The molecule has 2 aliphatic rings. The van der Waals surface area contributed by atoms with E-state index in [0.29, 0.717) is 18.9 Å². The summed E-state index contributed by atoms with van der Waals surface area (Å²) >= 11 is 0. The first-order valence-corrected chi connectivity index (χ1v) is 7.34. The van der Waals surface area contributed by atoms with Crippen molar-refractivity contribution in [1.82, 2.24) is 10.2 Å². The molecule has 108 valence electrons. The number of carboxylic acid groups (broad SMARTS) is 1. The molecule has 2 aliphatic carbocycles. The zero-order chi connectivity index (χ0) is 13.8. The number of hydrogen-bond acceptors (Lipinski definition) is 2. The second-order valence-electron chi connectivity index (χ2n) is 5.89. The van der Waals surface area contributed by atoms with Crippen LogP contribution >= 0.6 is 0 Å². The van der Waals surface area contributed by atoms with Gasteiger partial charge in [0.25, 0.3) is 0 Å². The van der Waals surface area contributed by atoms with E-state index >= 15 is 0 Å². The molecule has 2 rings (SSSR count). The summed E-state index contributed by atoms with van der Waals surface area (Å²) in [4.78, 5) is 24.8. The number of hydrogen-bond donors (Lipinski definition) is 2. The van der Waals surface area contributed by atoms with E-state index in [1.54, 1.807) is 0 Å². The number of aliphatic carboxylic acids is 1. The highest BCUT2D eigenvalue weighted by molar-refractivity contribution is 5.74. The van der Waals surface area contributed by atoms with Crippen LogP contribution in [-0.4, -0.2) is 41.1 Å². The van der Waals surface area contributed by atoms with Gasteiger partial charge in [-0.2, -0.15) is 0 Å². The zero-order valence-corrected chi connectivity index (χ0v) is 11.6. The van der Waals surface area contributed by atoms with E-state index in [0.717, 1.165) is 25.7 Å². The lowest BCUT2D eigenvalue weighted by Gasteiger charge is -2.31. The van der Waals surface area contributed by atoms with Gasteiger partial charge in [0.1, 0.15) is 0 Å². The van der Waals surface area contributed by atoms with Crippen LogP contribution in [-0.2, 0) is 4.79 Å². The van der Waals surface area contributed by atoms with Gasteiger partial charge in [0.15, 0.2) is 0 Å². The smallest absolute Gasteiger partial charge is 0.317 e. The summed E-state index contributed by atoms with van der Waals surface area (Å²) in [6.45, 7) is 0. The standard InChI is InChI=1S/C14H24N2O3/c1-16(12-4-2-3-5-12)14(19)15-11-8-6-10(7-9-11)13(17)18/h10-12H,2-9H2,1H3,(H,15,19)(H,17,18).